The van der Waals surface area contributed by atoms with Crippen LogP contribution in [-0.2, 0) is 10.0 Å². The molecule has 1 amide bonds. The Bertz CT molecular complexity index is 1250. The van der Waals surface area contributed by atoms with E-state index in [9.17, 15) is 13.2 Å². The number of carbonyl (C=O) groups excluding carboxylic acids is 1. The Hall–Kier alpha value is -2.67. The second kappa shape index (κ2) is 10.3. The van der Waals surface area contributed by atoms with E-state index in [1.165, 1.54) is 22.5 Å². The molecule has 34 heavy (non-hydrogen) atoms. The molecular weight excluding hydrogens is 468 g/mol. The number of aryl methyl sites for hydroxylation is 1. The summed E-state index contributed by atoms with van der Waals surface area (Å²) in [6.07, 6.45) is 1.66. The molecule has 7 heteroatoms. The molecule has 5 nitrogen and oxygen atoms in total. The molecule has 4 rings (SSSR count). The van der Waals surface area contributed by atoms with Gasteiger partial charge in [0, 0.05) is 13.1 Å². The van der Waals surface area contributed by atoms with Crippen molar-refractivity contribution in [2.24, 2.45) is 5.92 Å². The highest BCUT2D eigenvalue weighted by Crippen LogP contribution is 2.28. The number of nitrogens with one attached hydrogen (secondary N) is 1. The van der Waals surface area contributed by atoms with Crippen LogP contribution in [-0.4, -0.2) is 31.7 Å². The van der Waals surface area contributed by atoms with Crippen LogP contribution in [0.1, 0.15) is 52.9 Å². The minimum absolute atomic E-state index is 0.0863. The second-order valence-corrected chi connectivity index (χ2v) is 11.3. The van der Waals surface area contributed by atoms with Gasteiger partial charge in [-0.15, -0.1) is 0 Å². The molecule has 1 saturated heterocycles. The highest BCUT2D eigenvalue weighted by molar-refractivity contribution is 7.89. The zero-order valence-corrected chi connectivity index (χ0v) is 20.9. The number of halogens is 1. The van der Waals surface area contributed by atoms with E-state index in [2.05, 4.69) is 12.2 Å². The van der Waals surface area contributed by atoms with Crippen molar-refractivity contribution in [3.05, 3.63) is 100 Å². The zero-order chi connectivity index (χ0) is 24.3. The van der Waals surface area contributed by atoms with Crippen molar-refractivity contribution in [1.82, 2.24) is 9.62 Å². The van der Waals surface area contributed by atoms with Crippen LogP contribution in [0.25, 0.3) is 0 Å². The average Bonchev–Trinajstić information content (AvgIpc) is 2.84. The van der Waals surface area contributed by atoms with Gasteiger partial charge >= 0.3 is 0 Å². The molecule has 0 bridgehead atoms. The third-order valence-corrected chi connectivity index (χ3v) is 8.61. The predicted octanol–water partition coefficient (Wildman–Crippen LogP) is 5.59. The smallest absolute Gasteiger partial charge is 0.253 e. The van der Waals surface area contributed by atoms with Crippen molar-refractivity contribution < 1.29 is 13.2 Å². The minimum Gasteiger partial charge on any atom is -0.341 e. The molecule has 1 unspecified atom stereocenters. The first kappa shape index (κ1) is 24.5. The number of carbonyl (C=O) groups is 1. The van der Waals surface area contributed by atoms with E-state index in [-0.39, 0.29) is 15.5 Å². The number of benzene rings is 3. The van der Waals surface area contributed by atoms with Gasteiger partial charge < -0.3 is 5.32 Å². The van der Waals surface area contributed by atoms with E-state index in [4.69, 9.17) is 11.6 Å². The topological polar surface area (TPSA) is 66.5 Å². The van der Waals surface area contributed by atoms with E-state index < -0.39 is 22.0 Å². The van der Waals surface area contributed by atoms with Crippen LogP contribution < -0.4 is 5.32 Å². The summed E-state index contributed by atoms with van der Waals surface area (Å²) < 4.78 is 28.0. The first-order valence-electron chi connectivity index (χ1n) is 11.5. The maximum absolute atomic E-state index is 13.4. The SMILES string of the molecule is Cc1ccc(C(NC(=O)c2cc(S(=O)(=O)N3CCC(C)CC3)ccc2Cl)c2ccccc2)cc1. The van der Waals surface area contributed by atoms with E-state index in [1.807, 2.05) is 61.5 Å². The van der Waals surface area contributed by atoms with Gasteiger partial charge in [-0.2, -0.15) is 4.31 Å². The fraction of sp³-hybridized carbons (Fsp3) is 0.296. The molecule has 0 aliphatic carbocycles. The van der Waals surface area contributed by atoms with Gasteiger partial charge in [0.05, 0.1) is 21.5 Å². The molecule has 3 aromatic carbocycles. The Balaban J connectivity index is 1.64. The molecule has 0 spiro atoms. The first-order valence-corrected chi connectivity index (χ1v) is 13.3. The number of amides is 1. The lowest BCUT2D eigenvalue weighted by atomic mass is 9.97. The number of nitrogens with zero attached hydrogens (tertiary/aromatic N) is 1. The molecule has 0 radical (unpaired) electrons. The van der Waals surface area contributed by atoms with Crippen LogP contribution >= 0.6 is 11.6 Å². The van der Waals surface area contributed by atoms with Crippen molar-refractivity contribution in [2.75, 3.05) is 13.1 Å². The van der Waals surface area contributed by atoms with Gasteiger partial charge in [0.1, 0.15) is 0 Å². The van der Waals surface area contributed by atoms with E-state index >= 15 is 0 Å². The van der Waals surface area contributed by atoms with Crippen molar-refractivity contribution >= 4 is 27.5 Å². The second-order valence-electron chi connectivity index (χ2n) is 8.96. The standard InChI is InChI=1S/C27H29ClN2O3S/c1-19-8-10-22(11-9-19)26(21-6-4-3-5-7-21)29-27(31)24-18-23(12-13-25(24)28)34(32,33)30-16-14-20(2)15-17-30/h3-13,18,20,26H,14-17H2,1-2H3,(H,29,31). The van der Waals surface area contributed by atoms with Gasteiger partial charge in [0.25, 0.3) is 5.91 Å². The van der Waals surface area contributed by atoms with Crippen LogP contribution in [0.5, 0.6) is 0 Å². The number of sulfonamides is 1. The quantitative estimate of drug-likeness (QED) is 0.483. The maximum atomic E-state index is 13.4. The van der Waals surface area contributed by atoms with Gasteiger partial charge in [-0.1, -0.05) is 78.7 Å². The molecular formula is C27H29ClN2O3S. The highest BCUT2D eigenvalue weighted by atomic mass is 35.5. The normalized spacial score (nSPS) is 16.2. The molecule has 1 aliphatic rings. The fourth-order valence-electron chi connectivity index (χ4n) is 4.19. The molecule has 1 N–H and O–H groups in total. The van der Waals surface area contributed by atoms with E-state index in [0.29, 0.717) is 19.0 Å². The zero-order valence-electron chi connectivity index (χ0n) is 19.4. The van der Waals surface area contributed by atoms with E-state index in [0.717, 1.165) is 29.5 Å². The van der Waals surface area contributed by atoms with Crippen molar-refractivity contribution in [3.63, 3.8) is 0 Å². The lowest BCUT2D eigenvalue weighted by molar-refractivity contribution is 0.0943. The summed E-state index contributed by atoms with van der Waals surface area (Å²) in [5.74, 6) is 0.0819. The van der Waals surface area contributed by atoms with E-state index in [1.54, 1.807) is 0 Å². The molecule has 0 aromatic heterocycles. The predicted molar refractivity (Wildman–Crippen MR) is 136 cm³/mol. The van der Waals surface area contributed by atoms with Crippen molar-refractivity contribution in [2.45, 2.75) is 37.6 Å². The van der Waals surface area contributed by atoms with Gasteiger partial charge in [0.15, 0.2) is 0 Å². The highest BCUT2D eigenvalue weighted by Gasteiger charge is 2.29. The number of hydrogen-bond donors (Lipinski definition) is 1. The van der Waals surface area contributed by atoms with Gasteiger partial charge in [-0.3, -0.25) is 4.79 Å². The summed E-state index contributed by atoms with van der Waals surface area (Å²) in [5.41, 5.74) is 3.10. The Morgan fingerprint density at radius 2 is 1.59 bits per heavy atom. The van der Waals surface area contributed by atoms with Crippen LogP contribution in [0.4, 0.5) is 0 Å². The summed E-state index contributed by atoms with van der Waals surface area (Å²) in [6.45, 7) is 5.11. The van der Waals surface area contributed by atoms with Gasteiger partial charge in [-0.25, -0.2) is 8.42 Å². The Labute approximate surface area is 206 Å². The van der Waals surface area contributed by atoms with Crippen LogP contribution in [0, 0.1) is 12.8 Å². The maximum Gasteiger partial charge on any atom is 0.253 e. The first-order chi connectivity index (χ1) is 16.3. The van der Waals surface area contributed by atoms with Crippen LogP contribution in [0.15, 0.2) is 77.7 Å². The minimum atomic E-state index is -3.70. The molecule has 1 fully saturated rings. The van der Waals surface area contributed by atoms with Crippen LogP contribution in [0.3, 0.4) is 0 Å². The summed E-state index contributed by atoms with van der Waals surface area (Å²) in [4.78, 5) is 13.5. The molecule has 178 valence electrons. The number of piperidine rings is 1. The summed E-state index contributed by atoms with van der Waals surface area (Å²) in [7, 11) is -3.70. The van der Waals surface area contributed by atoms with Crippen molar-refractivity contribution in [1.29, 1.82) is 0 Å². The Morgan fingerprint density at radius 1 is 0.971 bits per heavy atom. The average molecular weight is 497 g/mol. The molecule has 1 heterocycles. The lowest BCUT2D eigenvalue weighted by Crippen LogP contribution is -2.38. The third-order valence-electron chi connectivity index (χ3n) is 6.38. The Kier molecular flexibility index (Phi) is 7.41. The molecule has 0 saturated carbocycles. The largest absolute Gasteiger partial charge is 0.341 e. The molecule has 3 aromatic rings. The summed E-state index contributed by atoms with van der Waals surface area (Å²) >= 11 is 6.37. The number of hydrogen-bond acceptors (Lipinski definition) is 3. The van der Waals surface area contributed by atoms with Crippen molar-refractivity contribution in [3.8, 4) is 0 Å². The Morgan fingerprint density at radius 3 is 2.24 bits per heavy atom. The monoisotopic (exact) mass is 496 g/mol. The van der Waals surface area contributed by atoms with Gasteiger partial charge in [0.2, 0.25) is 10.0 Å². The summed E-state index contributed by atoms with van der Waals surface area (Å²) in [5, 5.41) is 3.27. The third kappa shape index (κ3) is 5.35. The van der Waals surface area contributed by atoms with Gasteiger partial charge in [-0.05, 0) is 55.0 Å². The number of rotatable bonds is 6. The fourth-order valence-corrected chi connectivity index (χ4v) is 5.89. The molecule has 1 aliphatic heterocycles. The molecule has 1 atom stereocenters. The summed E-state index contributed by atoms with van der Waals surface area (Å²) in [6, 6.07) is 21.6. The van der Waals surface area contributed by atoms with Crippen LogP contribution in [0.2, 0.25) is 5.02 Å². The lowest BCUT2D eigenvalue weighted by Gasteiger charge is -2.29.